The van der Waals surface area contributed by atoms with Crippen molar-refractivity contribution < 1.29 is 13.2 Å². The molecule has 4 rings (SSSR count). The molecule has 1 aliphatic rings. The lowest BCUT2D eigenvalue weighted by atomic mass is 10.00. The van der Waals surface area contributed by atoms with Gasteiger partial charge in [-0.05, 0) is 40.6 Å². The van der Waals surface area contributed by atoms with Crippen LogP contribution in [-0.2, 0) is 9.84 Å². The van der Waals surface area contributed by atoms with Crippen LogP contribution in [0.5, 0.6) is 0 Å². The van der Waals surface area contributed by atoms with E-state index in [-0.39, 0.29) is 16.2 Å². The van der Waals surface area contributed by atoms with Crippen LogP contribution in [0.15, 0.2) is 65.6 Å². The third-order valence-electron chi connectivity index (χ3n) is 4.14. The SMILES string of the molecule is O=C1c2cc3ccccc3cc2S(=O)(=O)[C@@H]1c1ccc(Cl)cc1. The molecule has 5 heteroatoms. The van der Waals surface area contributed by atoms with Gasteiger partial charge in [0.15, 0.2) is 20.9 Å². The third kappa shape index (κ3) is 2.10. The molecule has 1 heterocycles. The highest BCUT2D eigenvalue weighted by Crippen LogP contribution is 2.42. The van der Waals surface area contributed by atoms with Crippen molar-refractivity contribution in [1.29, 1.82) is 0 Å². The molecule has 3 aromatic rings. The van der Waals surface area contributed by atoms with Gasteiger partial charge in [-0.1, -0.05) is 48.0 Å². The Morgan fingerprint density at radius 3 is 2.13 bits per heavy atom. The molecule has 0 bridgehead atoms. The van der Waals surface area contributed by atoms with Crippen molar-refractivity contribution in [3.63, 3.8) is 0 Å². The minimum Gasteiger partial charge on any atom is -0.292 e. The predicted molar refractivity (Wildman–Crippen MR) is 89.7 cm³/mol. The average molecular weight is 343 g/mol. The van der Waals surface area contributed by atoms with Crippen molar-refractivity contribution in [3.8, 4) is 0 Å². The summed E-state index contributed by atoms with van der Waals surface area (Å²) in [5, 5.41) is 0.970. The lowest BCUT2D eigenvalue weighted by molar-refractivity contribution is 0.0990. The lowest BCUT2D eigenvalue weighted by Crippen LogP contribution is -2.13. The Hall–Kier alpha value is -2.17. The molecule has 0 amide bonds. The van der Waals surface area contributed by atoms with Crippen LogP contribution < -0.4 is 0 Å². The van der Waals surface area contributed by atoms with Gasteiger partial charge >= 0.3 is 0 Å². The Bertz CT molecular complexity index is 1050. The summed E-state index contributed by atoms with van der Waals surface area (Å²) in [6, 6.07) is 17.0. The van der Waals surface area contributed by atoms with Gasteiger partial charge in [0.25, 0.3) is 0 Å². The van der Waals surface area contributed by atoms with Gasteiger partial charge in [0.1, 0.15) is 0 Å². The Morgan fingerprint density at radius 2 is 1.48 bits per heavy atom. The lowest BCUT2D eigenvalue weighted by Gasteiger charge is -2.08. The molecular weight excluding hydrogens is 332 g/mol. The molecular formula is C18H11ClO3S. The van der Waals surface area contributed by atoms with Crippen LogP contribution in [0.25, 0.3) is 10.8 Å². The second kappa shape index (κ2) is 4.91. The van der Waals surface area contributed by atoms with Crippen LogP contribution in [0.2, 0.25) is 5.02 Å². The van der Waals surface area contributed by atoms with Gasteiger partial charge in [0.05, 0.1) is 4.90 Å². The summed E-state index contributed by atoms with van der Waals surface area (Å²) in [6.07, 6.45) is 0. The van der Waals surface area contributed by atoms with E-state index < -0.39 is 15.1 Å². The smallest absolute Gasteiger partial charge is 0.193 e. The van der Waals surface area contributed by atoms with Crippen molar-refractivity contribution in [3.05, 3.63) is 76.8 Å². The zero-order chi connectivity index (χ0) is 16.2. The fourth-order valence-electron chi connectivity index (χ4n) is 3.02. The molecule has 3 nitrogen and oxygen atoms in total. The highest BCUT2D eigenvalue weighted by molar-refractivity contribution is 7.93. The molecule has 0 N–H and O–H groups in total. The zero-order valence-electron chi connectivity index (χ0n) is 11.9. The molecule has 0 aromatic heterocycles. The maximum Gasteiger partial charge on any atom is 0.193 e. The van der Waals surface area contributed by atoms with E-state index in [0.717, 1.165) is 10.8 Å². The average Bonchev–Trinajstić information content (AvgIpc) is 2.73. The van der Waals surface area contributed by atoms with Gasteiger partial charge in [-0.3, -0.25) is 4.79 Å². The van der Waals surface area contributed by atoms with Crippen molar-refractivity contribution in [2.45, 2.75) is 10.1 Å². The first-order valence-corrected chi connectivity index (χ1v) is 8.97. The minimum absolute atomic E-state index is 0.112. The van der Waals surface area contributed by atoms with Crippen molar-refractivity contribution >= 4 is 38.0 Å². The van der Waals surface area contributed by atoms with Crippen LogP contribution >= 0.6 is 11.6 Å². The van der Waals surface area contributed by atoms with E-state index in [1.54, 1.807) is 36.4 Å². The Kier molecular flexibility index (Phi) is 3.08. The standard InChI is InChI=1S/C18H11ClO3S/c19-14-7-5-11(6-8-14)18-17(20)15-9-12-3-1-2-4-13(12)10-16(15)23(18,21)22/h1-10,18H/t18-/m1/s1. The Balaban J connectivity index is 1.97. The first-order valence-electron chi connectivity index (χ1n) is 7.05. The largest absolute Gasteiger partial charge is 0.292 e. The number of rotatable bonds is 1. The molecule has 0 aliphatic carbocycles. The Morgan fingerprint density at radius 1 is 0.870 bits per heavy atom. The van der Waals surface area contributed by atoms with E-state index in [9.17, 15) is 13.2 Å². The third-order valence-corrected chi connectivity index (χ3v) is 6.45. The summed E-state index contributed by atoms with van der Waals surface area (Å²) >= 11 is 5.85. The summed E-state index contributed by atoms with van der Waals surface area (Å²) < 4.78 is 25.7. The van der Waals surface area contributed by atoms with E-state index in [4.69, 9.17) is 11.6 Å². The number of ketones is 1. The number of Topliss-reactive ketones (excluding diaryl/α,β-unsaturated/α-hetero) is 1. The topological polar surface area (TPSA) is 51.2 Å². The van der Waals surface area contributed by atoms with Crippen LogP contribution in [0.3, 0.4) is 0 Å². The molecule has 0 unspecified atom stereocenters. The second-order valence-corrected chi connectivity index (χ2v) is 7.97. The highest BCUT2D eigenvalue weighted by Gasteiger charge is 2.45. The van der Waals surface area contributed by atoms with Gasteiger partial charge in [0.2, 0.25) is 0 Å². The van der Waals surface area contributed by atoms with E-state index in [1.807, 2.05) is 24.3 Å². The van der Waals surface area contributed by atoms with Crippen LogP contribution in [0.4, 0.5) is 0 Å². The molecule has 0 radical (unpaired) electrons. The van der Waals surface area contributed by atoms with E-state index in [1.165, 1.54) is 0 Å². The maximum absolute atomic E-state index is 12.9. The van der Waals surface area contributed by atoms with E-state index in [0.29, 0.717) is 10.6 Å². The van der Waals surface area contributed by atoms with Gasteiger partial charge in [-0.25, -0.2) is 8.42 Å². The molecule has 0 fully saturated rings. The summed E-state index contributed by atoms with van der Waals surface area (Å²) in [6.45, 7) is 0. The summed E-state index contributed by atoms with van der Waals surface area (Å²) in [4.78, 5) is 12.8. The molecule has 1 aliphatic heterocycles. The van der Waals surface area contributed by atoms with E-state index >= 15 is 0 Å². The molecule has 114 valence electrons. The summed E-state index contributed by atoms with van der Waals surface area (Å²) in [5.74, 6) is -0.381. The number of carbonyl (C=O) groups is 1. The molecule has 3 aromatic carbocycles. The van der Waals surface area contributed by atoms with Crippen LogP contribution in [0.1, 0.15) is 21.2 Å². The summed E-state index contributed by atoms with van der Waals surface area (Å²) in [7, 11) is -3.75. The van der Waals surface area contributed by atoms with Crippen LogP contribution in [-0.4, -0.2) is 14.2 Å². The maximum atomic E-state index is 12.9. The number of hydrogen-bond donors (Lipinski definition) is 0. The fourth-order valence-corrected chi connectivity index (χ4v) is 5.09. The Labute approximate surface area is 138 Å². The van der Waals surface area contributed by atoms with Gasteiger partial charge < -0.3 is 0 Å². The monoisotopic (exact) mass is 342 g/mol. The predicted octanol–water partition coefficient (Wildman–Crippen LogP) is 4.20. The summed E-state index contributed by atoms with van der Waals surface area (Å²) in [5.41, 5.74) is 0.711. The molecule has 0 spiro atoms. The number of benzene rings is 3. The van der Waals surface area contributed by atoms with Gasteiger partial charge in [0, 0.05) is 10.6 Å². The first-order chi connectivity index (χ1) is 11.0. The molecule has 0 saturated heterocycles. The first kappa shape index (κ1) is 14.4. The van der Waals surface area contributed by atoms with Gasteiger partial charge in [-0.15, -0.1) is 0 Å². The number of sulfone groups is 1. The highest BCUT2D eigenvalue weighted by atomic mass is 35.5. The van der Waals surface area contributed by atoms with Crippen molar-refractivity contribution in [1.82, 2.24) is 0 Å². The molecule has 23 heavy (non-hydrogen) atoms. The van der Waals surface area contributed by atoms with Gasteiger partial charge in [-0.2, -0.15) is 0 Å². The number of fused-ring (bicyclic) bond motifs is 2. The van der Waals surface area contributed by atoms with Crippen molar-refractivity contribution in [2.24, 2.45) is 0 Å². The zero-order valence-corrected chi connectivity index (χ0v) is 13.4. The number of halogens is 1. The number of hydrogen-bond acceptors (Lipinski definition) is 3. The quantitative estimate of drug-likeness (QED) is 0.665. The normalized spacial score (nSPS) is 19.0. The minimum atomic E-state index is -3.75. The molecule has 0 saturated carbocycles. The second-order valence-electron chi connectivity index (χ2n) is 5.54. The van der Waals surface area contributed by atoms with E-state index in [2.05, 4.69) is 0 Å². The number of carbonyl (C=O) groups excluding carboxylic acids is 1. The fraction of sp³-hybridized carbons (Fsp3) is 0.0556. The van der Waals surface area contributed by atoms with Crippen molar-refractivity contribution in [2.75, 3.05) is 0 Å². The van der Waals surface area contributed by atoms with Crippen LogP contribution in [0, 0.1) is 0 Å². The molecule has 1 atom stereocenters.